The Kier molecular flexibility index (Phi) is 4.53. The topological polar surface area (TPSA) is 45.3 Å². The summed E-state index contributed by atoms with van der Waals surface area (Å²) < 4.78 is 1.84. The molecule has 1 amide bonds. The summed E-state index contributed by atoms with van der Waals surface area (Å²) in [5.41, 5.74) is 4.17. The van der Waals surface area contributed by atoms with Gasteiger partial charge in [0.15, 0.2) is 12.4 Å². The van der Waals surface area contributed by atoms with Crippen molar-refractivity contribution >= 4 is 11.6 Å². The summed E-state index contributed by atoms with van der Waals surface area (Å²) >= 11 is 0. The maximum atomic E-state index is 11.8. The molecule has 2 rings (SSSR count). The molecule has 4 nitrogen and oxygen atoms in total. The summed E-state index contributed by atoms with van der Waals surface area (Å²) in [5.74, 6) is 0.529. The van der Waals surface area contributed by atoms with Gasteiger partial charge in [0.05, 0.1) is 0 Å². The molecule has 1 aromatic rings. The molecule has 1 aliphatic rings. The van der Waals surface area contributed by atoms with Gasteiger partial charge in [0.1, 0.15) is 0 Å². The molecular formula is C16H24N3O+. The van der Waals surface area contributed by atoms with Gasteiger partial charge >= 0.3 is 5.91 Å². The number of rotatable bonds is 3. The van der Waals surface area contributed by atoms with E-state index in [0.717, 1.165) is 25.0 Å². The molecule has 4 heteroatoms. The van der Waals surface area contributed by atoms with Crippen molar-refractivity contribution < 1.29 is 9.36 Å². The summed E-state index contributed by atoms with van der Waals surface area (Å²) in [7, 11) is 0. The minimum absolute atomic E-state index is 0.0776. The molecule has 0 radical (unpaired) electrons. The normalized spacial score (nSPS) is 23.6. The van der Waals surface area contributed by atoms with E-state index in [2.05, 4.69) is 31.3 Å². The molecule has 1 aromatic heterocycles. The summed E-state index contributed by atoms with van der Waals surface area (Å²) in [6, 6.07) is 5.74. The first-order chi connectivity index (χ1) is 9.47. The summed E-state index contributed by atoms with van der Waals surface area (Å²) in [6.07, 6.45) is 6.84. The van der Waals surface area contributed by atoms with E-state index in [0.29, 0.717) is 17.9 Å². The van der Waals surface area contributed by atoms with Crippen LogP contribution < -0.4 is 9.99 Å². The molecule has 1 atom stereocenters. The van der Waals surface area contributed by atoms with Gasteiger partial charge in [-0.05, 0) is 30.6 Å². The van der Waals surface area contributed by atoms with Crippen LogP contribution in [0.3, 0.4) is 0 Å². The number of pyridine rings is 1. The number of hydrogen-bond acceptors (Lipinski definition) is 2. The van der Waals surface area contributed by atoms with E-state index in [1.54, 1.807) is 0 Å². The van der Waals surface area contributed by atoms with Crippen LogP contribution in [0, 0.1) is 11.3 Å². The molecule has 1 saturated carbocycles. The van der Waals surface area contributed by atoms with Crippen LogP contribution in [0.5, 0.6) is 0 Å². The van der Waals surface area contributed by atoms with Crippen LogP contribution in [0.25, 0.3) is 0 Å². The number of carbonyl (C=O) groups is 1. The first-order valence-corrected chi connectivity index (χ1v) is 7.26. The fraction of sp³-hybridized carbons (Fsp3) is 0.562. The summed E-state index contributed by atoms with van der Waals surface area (Å²) in [5, 5.41) is 4.30. The highest BCUT2D eigenvalue weighted by Gasteiger charge is 2.31. The minimum Gasteiger partial charge on any atom is -0.266 e. The zero-order valence-electron chi connectivity index (χ0n) is 12.6. The van der Waals surface area contributed by atoms with Crippen molar-refractivity contribution in [1.29, 1.82) is 0 Å². The average Bonchev–Trinajstić information content (AvgIpc) is 2.41. The molecular weight excluding hydrogens is 250 g/mol. The largest absolute Gasteiger partial charge is 0.305 e. The molecule has 1 unspecified atom stereocenters. The minimum atomic E-state index is -0.0776. The zero-order chi connectivity index (χ0) is 14.6. The van der Waals surface area contributed by atoms with Crippen molar-refractivity contribution in [2.45, 2.75) is 46.6 Å². The molecule has 0 saturated heterocycles. The maximum Gasteiger partial charge on any atom is 0.305 e. The highest BCUT2D eigenvalue weighted by molar-refractivity contribution is 5.87. The fourth-order valence-corrected chi connectivity index (χ4v) is 2.43. The van der Waals surface area contributed by atoms with E-state index in [4.69, 9.17) is 0 Å². The Morgan fingerprint density at radius 1 is 1.40 bits per heavy atom. The molecule has 0 aromatic carbocycles. The van der Waals surface area contributed by atoms with Gasteiger partial charge in [-0.1, -0.05) is 26.8 Å². The Bertz CT molecular complexity index is 494. The second kappa shape index (κ2) is 6.16. The highest BCUT2D eigenvalue weighted by Crippen LogP contribution is 2.38. The van der Waals surface area contributed by atoms with E-state index in [-0.39, 0.29) is 5.91 Å². The van der Waals surface area contributed by atoms with E-state index in [1.165, 1.54) is 0 Å². The van der Waals surface area contributed by atoms with Gasteiger partial charge in [0, 0.05) is 17.8 Å². The van der Waals surface area contributed by atoms with Crippen LogP contribution in [-0.4, -0.2) is 11.6 Å². The Labute approximate surface area is 120 Å². The third-order valence-corrected chi connectivity index (χ3v) is 4.38. The fourth-order valence-electron chi connectivity index (χ4n) is 2.43. The molecule has 0 aliphatic heterocycles. The van der Waals surface area contributed by atoms with E-state index >= 15 is 0 Å². The van der Waals surface area contributed by atoms with Crippen molar-refractivity contribution in [1.82, 2.24) is 5.43 Å². The number of nitrogens with one attached hydrogen (secondary N) is 1. The van der Waals surface area contributed by atoms with Crippen molar-refractivity contribution in [3.05, 3.63) is 30.6 Å². The monoisotopic (exact) mass is 274 g/mol. The predicted octanol–water partition coefficient (Wildman–Crippen LogP) is 2.29. The van der Waals surface area contributed by atoms with Gasteiger partial charge in [-0.25, -0.2) is 5.43 Å². The van der Waals surface area contributed by atoms with Crippen molar-refractivity contribution in [2.24, 2.45) is 16.4 Å². The van der Waals surface area contributed by atoms with Crippen molar-refractivity contribution in [3.8, 4) is 0 Å². The lowest BCUT2D eigenvalue weighted by Crippen LogP contribution is -2.41. The zero-order valence-corrected chi connectivity index (χ0v) is 12.6. The van der Waals surface area contributed by atoms with Crippen LogP contribution in [0.15, 0.2) is 35.7 Å². The number of hydrazone groups is 1. The molecule has 1 aliphatic carbocycles. The molecule has 20 heavy (non-hydrogen) atoms. The van der Waals surface area contributed by atoms with Crippen molar-refractivity contribution in [3.63, 3.8) is 0 Å². The van der Waals surface area contributed by atoms with E-state index in [1.807, 2.05) is 35.2 Å². The van der Waals surface area contributed by atoms with Crippen LogP contribution in [0.4, 0.5) is 0 Å². The molecule has 108 valence electrons. The van der Waals surface area contributed by atoms with Gasteiger partial charge < -0.3 is 0 Å². The maximum absolute atomic E-state index is 11.8. The number of hydrogen-bond donors (Lipinski definition) is 1. The van der Waals surface area contributed by atoms with E-state index in [9.17, 15) is 4.79 Å². The van der Waals surface area contributed by atoms with E-state index < -0.39 is 0 Å². The SMILES string of the molecule is CC1C/C(=N\NC(=O)C[n+]2ccccc2)CCC1(C)C. The lowest BCUT2D eigenvalue weighted by molar-refractivity contribution is -0.684. The molecule has 1 N–H and O–H groups in total. The third kappa shape index (κ3) is 3.89. The first kappa shape index (κ1) is 14.7. The Balaban J connectivity index is 1.86. The Morgan fingerprint density at radius 3 is 2.75 bits per heavy atom. The van der Waals surface area contributed by atoms with Crippen LogP contribution in [-0.2, 0) is 11.3 Å². The number of aromatic nitrogens is 1. The Hall–Kier alpha value is -1.71. The number of nitrogens with zero attached hydrogens (tertiary/aromatic N) is 2. The predicted molar refractivity (Wildman–Crippen MR) is 79.0 cm³/mol. The van der Waals surface area contributed by atoms with Gasteiger partial charge in [-0.3, -0.25) is 4.79 Å². The molecule has 0 bridgehead atoms. The second-order valence-corrected chi connectivity index (χ2v) is 6.35. The third-order valence-electron chi connectivity index (χ3n) is 4.38. The number of amides is 1. The quantitative estimate of drug-likeness (QED) is 0.667. The van der Waals surface area contributed by atoms with Gasteiger partial charge in [0.25, 0.3) is 0 Å². The molecule has 1 heterocycles. The highest BCUT2D eigenvalue weighted by atomic mass is 16.2. The summed E-state index contributed by atoms with van der Waals surface area (Å²) in [6.45, 7) is 7.17. The Morgan fingerprint density at radius 2 is 2.10 bits per heavy atom. The van der Waals surface area contributed by atoms with Gasteiger partial charge in [-0.15, -0.1) is 0 Å². The smallest absolute Gasteiger partial charge is 0.266 e. The van der Waals surface area contributed by atoms with Crippen LogP contribution >= 0.6 is 0 Å². The van der Waals surface area contributed by atoms with Gasteiger partial charge in [-0.2, -0.15) is 9.67 Å². The van der Waals surface area contributed by atoms with Crippen LogP contribution in [0.2, 0.25) is 0 Å². The lowest BCUT2D eigenvalue weighted by Gasteiger charge is -2.36. The molecule has 1 fully saturated rings. The lowest BCUT2D eigenvalue weighted by atomic mass is 9.69. The summed E-state index contributed by atoms with van der Waals surface area (Å²) in [4.78, 5) is 11.8. The standard InChI is InChI=1S/C16H23N3O/c1-13-11-14(7-8-16(13,2)3)17-18-15(20)12-19-9-5-4-6-10-19/h4-6,9-10,13H,7-8,11-12H2,1-3H3/p+1/b17-14-. The number of carbonyl (C=O) groups excluding carboxylic acids is 1. The second-order valence-electron chi connectivity index (χ2n) is 6.35. The van der Waals surface area contributed by atoms with Gasteiger partial charge in [0.2, 0.25) is 6.54 Å². The van der Waals surface area contributed by atoms with Crippen LogP contribution in [0.1, 0.15) is 40.0 Å². The van der Waals surface area contributed by atoms with Crippen molar-refractivity contribution in [2.75, 3.05) is 0 Å². The average molecular weight is 274 g/mol. The first-order valence-electron chi connectivity index (χ1n) is 7.26. The molecule has 0 spiro atoms.